The van der Waals surface area contributed by atoms with Gasteiger partial charge in [0.05, 0.1) is 0 Å². The van der Waals surface area contributed by atoms with E-state index in [9.17, 15) is 0 Å². The Morgan fingerprint density at radius 1 is 0.857 bits per heavy atom. The summed E-state index contributed by atoms with van der Waals surface area (Å²) in [6, 6.07) is 0. The van der Waals surface area contributed by atoms with Crippen molar-refractivity contribution < 1.29 is 36.3 Å². The Balaban J connectivity index is -0.0000000800. The van der Waals surface area contributed by atoms with Gasteiger partial charge in [0.25, 0.3) is 0 Å². The minimum absolute atomic E-state index is 0. The van der Waals surface area contributed by atoms with Gasteiger partial charge in [-0.25, -0.2) is 0 Å². The second-order valence-corrected chi connectivity index (χ2v) is 1.80. The van der Waals surface area contributed by atoms with Gasteiger partial charge in [-0.1, -0.05) is 0 Å². The summed E-state index contributed by atoms with van der Waals surface area (Å²) in [5.41, 5.74) is 0. The summed E-state index contributed by atoms with van der Waals surface area (Å²) in [5, 5.41) is 0. The minimum atomic E-state index is -4.61. The monoisotopic (exact) mass is 297 g/mol. The SMILES string of the molecule is O[Si](O)(O)O.[Ba].[Cu]. The molecule has 0 bridgehead atoms. The first-order valence-electron chi connectivity index (χ1n) is 0.894. The van der Waals surface area contributed by atoms with Crippen LogP contribution in [-0.4, -0.2) is 77.1 Å². The molecule has 0 aliphatic rings. The first-order valence-corrected chi connectivity index (χ1v) is 2.68. The summed E-state index contributed by atoms with van der Waals surface area (Å²) in [6.45, 7) is 0. The third kappa shape index (κ3) is 66.8. The van der Waals surface area contributed by atoms with Crippen molar-refractivity contribution in [3.8, 4) is 0 Å². The molecule has 0 aromatic heterocycles. The van der Waals surface area contributed by atoms with Gasteiger partial charge in [0.15, 0.2) is 0 Å². The molecule has 7 heavy (non-hydrogen) atoms. The zero-order valence-electron chi connectivity index (χ0n) is 3.30. The fourth-order valence-corrected chi connectivity index (χ4v) is 0. The molecule has 0 saturated carbocycles. The molecule has 45 valence electrons. The van der Waals surface area contributed by atoms with Crippen LogP contribution in [-0.2, 0) is 17.1 Å². The number of rotatable bonds is 0. The van der Waals surface area contributed by atoms with Gasteiger partial charge in [0, 0.05) is 65.9 Å². The van der Waals surface area contributed by atoms with Crippen molar-refractivity contribution in [1.29, 1.82) is 0 Å². The van der Waals surface area contributed by atoms with Crippen molar-refractivity contribution >= 4 is 57.9 Å². The smallest absolute Gasteiger partial charge is 0.368 e. The fraction of sp³-hybridized carbons (Fsp3) is 0. The summed E-state index contributed by atoms with van der Waals surface area (Å²) >= 11 is 0. The van der Waals surface area contributed by atoms with Gasteiger partial charge in [0.1, 0.15) is 0 Å². The Hall–Kier alpha value is 2.15. The van der Waals surface area contributed by atoms with Crippen LogP contribution in [0.4, 0.5) is 0 Å². The second kappa shape index (κ2) is 6.27. The fourth-order valence-electron chi connectivity index (χ4n) is 0. The molecule has 0 aromatic rings. The van der Waals surface area contributed by atoms with Crippen molar-refractivity contribution in [2.75, 3.05) is 0 Å². The third-order valence-corrected chi connectivity index (χ3v) is 0. The van der Waals surface area contributed by atoms with Gasteiger partial charge in [0.2, 0.25) is 0 Å². The minimum Gasteiger partial charge on any atom is -0.368 e. The predicted octanol–water partition coefficient (Wildman–Crippen LogP) is -2.99. The van der Waals surface area contributed by atoms with Crippen molar-refractivity contribution in [1.82, 2.24) is 0 Å². The topological polar surface area (TPSA) is 80.9 Å². The zero-order chi connectivity index (χ0) is 4.50. The van der Waals surface area contributed by atoms with E-state index in [-0.39, 0.29) is 65.9 Å². The Morgan fingerprint density at radius 2 is 0.857 bits per heavy atom. The molecule has 0 saturated heterocycles. The van der Waals surface area contributed by atoms with E-state index >= 15 is 0 Å². The summed E-state index contributed by atoms with van der Waals surface area (Å²) in [6.07, 6.45) is 0. The number of hydrogen-bond acceptors (Lipinski definition) is 4. The normalized spacial score (nSPS) is 8.57. The summed E-state index contributed by atoms with van der Waals surface area (Å²) < 4.78 is 0. The van der Waals surface area contributed by atoms with Crippen molar-refractivity contribution in [3.63, 3.8) is 0 Å². The molecule has 7 heteroatoms. The molecule has 0 aliphatic carbocycles. The largest absolute Gasteiger partial charge is 0.668 e. The van der Waals surface area contributed by atoms with Gasteiger partial charge in [-0.05, 0) is 0 Å². The van der Waals surface area contributed by atoms with Crippen molar-refractivity contribution in [3.05, 3.63) is 0 Å². The Bertz CT molecular complexity index is 27.2. The summed E-state index contributed by atoms with van der Waals surface area (Å²) in [4.78, 5) is 29.3. The third-order valence-electron chi connectivity index (χ3n) is 0. The Morgan fingerprint density at radius 3 is 0.857 bits per heavy atom. The average Bonchev–Trinajstić information content (AvgIpc) is 0.722. The molecule has 0 unspecified atom stereocenters. The Kier molecular flexibility index (Phi) is 14.4. The molecule has 0 rings (SSSR count). The molecule has 4 nitrogen and oxygen atoms in total. The predicted molar refractivity (Wildman–Crippen MR) is 20.4 cm³/mol. The van der Waals surface area contributed by atoms with Crippen LogP contribution in [0.3, 0.4) is 0 Å². The molecule has 0 fully saturated rings. The molecular formula is H4BaCuO4Si. The van der Waals surface area contributed by atoms with E-state index in [1.54, 1.807) is 0 Å². The van der Waals surface area contributed by atoms with Crippen LogP contribution in [0.15, 0.2) is 0 Å². The van der Waals surface area contributed by atoms with Crippen LogP contribution in [0.2, 0.25) is 0 Å². The maximum Gasteiger partial charge on any atom is 0.668 e. The van der Waals surface area contributed by atoms with Gasteiger partial charge in [-0.2, -0.15) is 0 Å². The van der Waals surface area contributed by atoms with Gasteiger partial charge in [-0.3, -0.25) is 0 Å². The van der Waals surface area contributed by atoms with Crippen LogP contribution in [0, 0.1) is 0 Å². The van der Waals surface area contributed by atoms with E-state index in [2.05, 4.69) is 0 Å². The van der Waals surface area contributed by atoms with E-state index in [0.717, 1.165) is 0 Å². The maximum absolute atomic E-state index is 7.33. The summed E-state index contributed by atoms with van der Waals surface area (Å²) in [5.74, 6) is 0. The van der Waals surface area contributed by atoms with Crippen molar-refractivity contribution in [2.24, 2.45) is 0 Å². The van der Waals surface area contributed by atoms with E-state index in [0.29, 0.717) is 0 Å². The average molecular weight is 297 g/mol. The zero-order valence-corrected chi connectivity index (χ0v) is 9.68. The van der Waals surface area contributed by atoms with Crippen LogP contribution >= 0.6 is 0 Å². The molecule has 4 N–H and O–H groups in total. The maximum atomic E-state index is 7.33. The van der Waals surface area contributed by atoms with Gasteiger partial charge in [-0.15, -0.1) is 0 Å². The molecule has 0 amide bonds. The van der Waals surface area contributed by atoms with E-state index < -0.39 is 9.05 Å². The molecule has 0 aliphatic heterocycles. The molecule has 0 spiro atoms. The Labute approximate surface area is 92.6 Å². The van der Waals surface area contributed by atoms with Crippen LogP contribution in [0.1, 0.15) is 0 Å². The first kappa shape index (κ1) is 16.1. The van der Waals surface area contributed by atoms with Crippen LogP contribution < -0.4 is 0 Å². The van der Waals surface area contributed by atoms with E-state index in [4.69, 9.17) is 19.2 Å². The van der Waals surface area contributed by atoms with Crippen molar-refractivity contribution in [2.45, 2.75) is 0 Å². The summed E-state index contributed by atoms with van der Waals surface area (Å²) in [7, 11) is -4.61. The molecular weight excluding hydrogens is 293 g/mol. The second-order valence-electron chi connectivity index (χ2n) is 0.600. The molecule has 0 atom stereocenters. The van der Waals surface area contributed by atoms with Crippen LogP contribution in [0.5, 0.6) is 0 Å². The van der Waals surface area contributed by atoms with Gasteiger partial charge < -0.3 is 19.2 Å². The van der Waals surface area contributed by atoms with Gasteiger partial charge >= 0.3 is 9.05 Å². The quantitative estimate of drug-likeness (QED) is 0.360. The first-order chi connectivity index (χ1) is 2.00. The number of hydrogen-bond donors (Lipinski definition) is 4. The van der Waals surface area contributed by atoms with Crippen LogP contribution in [0.25, 0.3) is 0 Å². The van der Waals surface area contributed by atoms with E-state index in [1.807, 2.05) is 0 Å². The molecule has 0 aromatic carbocycles. The standard InChI is InChI=1S/Ba.Cu.H4O4Si/c;;1-5(2,3)4/h;;1-4H. The molecule has 0 heterocycles. The van der Waals surface area contributed by atoms with E-state index in [1.165, 1.54) is 0 Å². The molecule has 3 radical (unpaired) electrons.